The number of nitrogens with one attached hydrogen (secondary N) is 2. The van der Waals surface area contributed by atoms with Crippen molar-refractivity contribution in [3.05, 3.63) is 83.0 Å². The lowest BCUT2D eigenvalue weighted by Gasteiger charge is -2.15. The van der Waals surface area contributed by atoms with E-state index >= 15 is 0 Å². The molecule has 0 aliphatic rings. The highest BCUT2D eigenvalue weighted by Crippen LogP contribution is 2.20. The van der Waals surface area contributed by atoms with Crippen molar-refractivity contribution in [1.82, 2.24) is 19.7 Å². The van der Waals surface area contributed by atoms with Gasteiger partial charge in [-0.3, -0.25) is 9.67 Å². The van der Waals surface area contributed by atoms with Crippen molar-refractivity contribution in [2.45, 2.75) is 65.5 Å². The first-order valence-electron chi connectivity index (χ1n) is 12.1. The van der Waals surface area contributed by atoms with E-state index in [1.807, 2.05) is 41.6 Å². The number of unbranched alkanes of at least 4 members (excludes halogenated alkanes) is 1. The summed E-state index contributed by atoms with van der Waals surface area (Å²) in [6.45, 7) is 15.6. The number of allylic oxidation sites excluding steroid dienone is 2. The van der Waals surface area contributed by atoms with Crippen LogP contribution in [0.3, 0.4) is 0 Å². The van der Waals surface area contributed by atoms with E-state index in [-0.39, 0.29) is 6.04 Å². The van der Waals surface area contributed by atoms with Crippen LogP contribution < -0.4 is 21.6 Å². The Balaban J connectivity index is 1.82. The molecule has 3 aromatic rings. The normalized spacial score (nSPS) is 13.6. The predicted octanol–water partition coefficient (Wildman–Crippen LogP) is 4.56. The van der Waals surface area contributed by atoms with E-state index in [2.05, 4.69) is 60.4 Å². The minimum atomic E-state index is 0.212. The van der Waals surface area contributed by atoms with Gasteiger partial charge in [0.2, 0.25) is 0 Å². The van der Waals surface area contributed by atoms with Crippen LogP contribution in [0.25, 0.3) is 17.8 Å². The van der Waals surface area contributed by atoms with Crippen LogP contribution in [0.2, 0.25) is 0 Å². The summed E-state index contributed by atoms with van der Waals surface area (Å²) in [5.74, 6) is 0. The summed E-state index contributed by atoms with van der Waals surface area (Å²) < 4.78 is 1.89. The Labute approximate surface area is 203 Å². The number of nitrogens with two attached hydrogens (primary N) is 1. The molecule has 0 bridgehead atoms. The molecule has 180 valence electrons. The highest BCUT2D eigenvalue weighted by Gasteiger charge is 2.12. The quantitative estimate of drug-likeness (QED) is 0.371. The Morgan fingerprint density at radius 1 is 1.32 bits per heavy atom. The highest BCUT2D eigenvalue weighted by atomic mass is 15.3. The number of H-pyrrole nitrogens is 1. The van der Waals surface area contributed by atoms with Gasteiger partial charge < -0.3 is 16.0 Å². The van der Waals surface area contributed by atoms with Gasteiger partial charge >= 0.3 is 0 Å². The number of anilines is 1. The summed E-state index contributed by atoms with van der Waals surface area (Å²) in [6, 6.07) is 4.18. The van der Waals surface area contributed by atoms with Gasteiger partial charge in [-0.1, -0.05) is 50.6 Å². The molecule has 0 aromatic carbocycles. The lowest BCUT2D eigenvalue weighted by atomic mass is 9.95. The van der Waals surface area contributed by atoms with Crippen LogP contribution in [-0.2, 0) is 6.54 Å². The van der Waals surface area contributed by atoms with Crippen LogP contribution in [0.4, 0.5) is 5.69 Å². The summed E-state index contributed by atoms with van der Waals surface area (Å²) in [5, 5.41) is 9.98. The molecule has 6 heteroatoms. The first-order valence-corrected chi connectivity index (χ1v) is 12.1. The second-order valence-corrected chi connectivity index (χ2v) is 8.84. The second-order valence-electron chi connectivity index (χ2n) is 8.84. The number of aromatic nitrogens is 4. The van der Waals surface area contributed by atoms with E-state index < -0.39 is 0 Å². The standard InChI is InChI=1S/C28H38N6/c1-6-8-11-25(29)12-13-26(20(3)7-2)28-22(5)31-17-27(28)33-21(4)24-16-32-34(19-24)18-23-10-9-14-30-15-23/h7,9-10,14-17,19,25,31,33H,4-6,8,11-13,18,29H2,1-3H3/b20-7-,28-26+. The third-order valence-electron chi connectivity index (χ3n) is 6.20. The maximum atomic E-state index is 6.39. The molecule has 1 atom stereocenters. The summed E-state index contributed by atoms with van der Waals surface area (Å²) in [6.07, 6.45) is 16.8. The molecule has 0 spiro atoms. The zero-order valence-corrected chi connectivity index (χ0v) is 20.8. The number of hydrogen-bond acceptors (Lipinski definition) is 4. The fraction of sp³-hybridized carbons (Fsp3) is 0.357. The molecule has 6 nitrogen and oxygen atoms in total. The van der Waals surface area contributed by atoms with Gasteiger partial charge in [0.15, 0.2) is 0 Å². The molecule has 0 aliphatic heterocycles. The second kappa shape index (κ2) is 12.2. The van der Waals surface area contributed by atoms with Crippen LogP contribution >= 0.6 is 0 Å². The third kappa shape index (κ3) is 6.58. The van der Waals surface area contributed by atoms with Gasteiger partial charge in [-0.05, 0) is 50.3 Å². The Kier molecular flexibility index (Phi) is 9.05. The number of pyridine rings is 1. The molecule has 0 saturated heterocycles. The number of aromatic amines is 1. The van der Waals surface area contributed by atoms with Crippen molar-refractivity contribution in [2.75, 3.05) is 5.32 Å². The van der Waals surface area contributed by atoms with E-state index in [1.54, 1.807) is 6.20 Å². The van der Waals surface area contributed by atoms with Crippen molar-refractivity contribution >= 4 is 23.5 Å². The summed E-state index contributed by atoms with van der Waals surface area (Å²) >= 11 is 0. The Morgan fingerprint density at radius 2 is 2.15 bits per heavy atom. The van der Waals surface area contributed by atoms with Crippen molar-refractivity contribution in [3.63, 3.8) is 0 Å². The summed E-state index contributed by atoms with van der Waals surface area (Å²) in [5.41, 5.74) is 12.7. The first-order chi connectivity index (χ1) is 16.4. The zero-order valence-electron chi connectivity index (χ0n) is 20.8. The first kappa shape index (κ1) is 25.2. The molecular weight excluding hydrogens is 420 g/mol. The fourth-order valence-corrected chi connectivity index (χ4v) is 4.06. The summed E-state index contributed by atoms with van der Waals surface area (Å²) in [7, 11) is 0. The average molecular weight is 459 g/mol. The lowest BCUT2D eigenvalue weighted by molar-refractivity contribution is 0.547. The SMILES string of the molecule is C=C(Nc1c[nH]c(=C)/c1=C(CCC(N)CCCC)\C(C)=C/C)c1cnn(Cc2cccnc2)c1. The number of hydrogen-bond donors (Lipinski definition) is 3. The van der Waals surface area contributed by atoms with Gasteiger partial charge in [0, 0.05) is 52.7 Å². The smallest absolute Gasteiger partial charge is 0.0674 e. The molecule has 0 aliphatic carbocycles. The Bertz CT molecular complexity index is 1220. The molecule has 4 N–H and O–H groups in total. The van der Waals surface area contributed by atoms with Crippen LogP contribution in [0.5, 0.6) is 0 Å². The van der Waals surface area contributed by atoms with Crippen molar-refractivity contribution < 1.29 is 0 Å². The minimum absolute atomic E-state index is 0.212. The summed E-state index contributed by atoms with van der Waals surface area (Å²) in [4.78, 5) is 7.47. The molecular formula is C28H38N6. The van der Waals surface area contributed by atoms with Crippen molar-refractivity contribution in [1.29, 1.82) is 0 Å². The van der Waals surface area contributed by atoms with Crippen LogP contribution in [-0.4, -0.2) is 25.8 Å². The molecule has 3 heterocycles. The van der Waals surface area contributed by atoms with E-state index in [4.69, 9.17) is 5.73 Å². The average Bonchev–Trinajstić information content (AvgIpc) is 3.45. The maximum absolute atomic E-state index is 6.39. The molecule has 0 radical (unpaired) electrons. The van der Waals surface area contributed by atoms with E-state index in [9.17, 15) is 0 Å². The van der Waals surface area contributed by atoms with Gasteiger partial charge in [0.25, 0.3) is 0 Å². The fourth-order valence-electron chi connectivity index (χ4n) is 4.06. The molecule has 3 rings (SSSR count). The van der Waals surface area contributed by atoms with Gasteiger partial charge in [0.05, 0.1) is 18.4 Å². The Morgan fingerprint density at radius 3 is 2.85 bits per heavy atom. The van der Waals surface area contributed by atoms with Gasteiger partial charge in [0.1, 0.15) is 0 Å². The van der Waals surface area contributed by atoms with E-state index in [0.29, 0.717) is 6.54 Å². The lowest BCUT2D eigenvalue weighted by Crippen LogP contribution is -2.28. The third-order valence-corrected chi connectivity index (χ3v) is 6.20. The van der Waals surface area contributed by atoms with Gasteiger partial charge in [-0.2, -0.15) is 5.10 Å². The topological polar surface area (TPSA) is 84.5 Å². The van der Waals surface area contributed by atoms with Crippen molar-refractivity contribution in [3.8, 4) is 0 Å². The van der Waals surface area contributed by atoms with Gasteiger partial charge in [-0.25, -0.2) is 0 Å². The zero-order chi connectivity index (χ0) is 24.5. The van der Waals surface area contributed by atoms with Gasteiger partial charge in [-0.15, -0.1) is 0 Å². The molecule has 3 aromatic heterocycles. The maximum Gasteiger partial charge on any atom is 0.0674 e. The monoisotopic (exact) mass is 458 g/mol. The van der Waals surface area contributed by atoms with Crippen LogP contribution in [0.15, 0.2) is 61.3 Å². The molecule has 34 heavy (non-hydrogen) atoms. The van der Waals surface area contributed by atoms with Crippen LogP contribution in [0, 0.1) is 0 Å². The highest BCUT2D eigenvalue weighted by molar-refractivity contribution is 5.77. The Hall–Kier alpha value is -3.38. The molecule has 0 amide bonds. The minimum Gasteiger partial charge on any atom is -0.360 e. The largest absolute Gasteiger partial charge is 0.360 e. The van der Waals surface area contributed by atoms with E-state index in [0.717, 1.165) is 52.3 Å². The number of rotatable bonds is 12. The number of nitrogens with zero attached hydrogens (tertiary/aromatic N) is 3. The molecule has 1 unspecified atom stereocenters. The van der Waals surface area contributed by atoms with Crippen LogP contribution in [0.1, 0.15) is 64.0 Å². The molecule has 0 saturated carbocycles. The molecule has 0 fully saturated rings. The van der Waals surface area contributed by atoms with E-state index in [1.165, 1.54) is 24.0 Å². The van der Waals surface area contributed by atoms with Crippen molar-refractivity contribution in [2.24, 2.45) is 5.73 Å². The predicted molar refractivity (Wildman–Crippen MR) is 143 cm³/mol.